The van der Waals surface area contributed by atoms with Crippen molar-refractivity contribution in [3.8, 4) is 28.6 Å². The summed E-state index contributed by atoms with van der Waals surface area (Å²) in [6.45, 7) is 5.63. The summed E-state index contributed by atoms with van der Waals surface area (Å²) in [6.07, 6.45) is 3.55. The summed E-state index contributed by atoms with van der Waals surface area (Å²) in [5.41, 5.74) is 2.71. The molecule has 4 aromatic carbocycles. The molecule has 1 saturated heterocycles. The number of hydrogen-bond donors (Lipinski definition) is 0. The molecule has 7 heteroatoms. The Morgan fingerprint density at radius 1 is 0.550 bits per heavy atom. The SMILES string of the molecule is O=c1n(-c2ccc(OCCN3CCN(c4ccccc4)CC3)cc2)ccn1-c1ccc(Oc2ccccc2)cc1. The van der Waals surface area contributed by atoms with E-state index in [1.54, 1.807) is 21.5 Å². The summed E-state index contributed by atoms with van der Waals surface area (Å²) in [4.78, 5) is 18.0. The van der Waals surface area contributed by atoms with Crippen molar-refractivity contribution in [1.29, 1.82) is 0 Å². The van der Waals surface area contributed by atoms with Gasteiger partial charge in [-0.3, -0.25) is 14.0 Å². The van der Waals surface area contributed by atoms with Crippen LogP contribution in [0.25, 0.3) is 11.4 Å². The van der Waals surface area contributed by atoms with Crippen molar-refractivity contribution in [1.82, 2.24) is 14.0 Å². The van der Waals surface area contributed by atoms with Gasteiger partial charge in [0.2, 0.25) is 0 Å². The first-order valence-corrected chi connectivity index (χ1v) is 13.6. The fourth-order valence-corrected chi connectivity index (χ4v) is 4.93. The number of benzene rings is 4. The standard InChI is InChI=1S/C33H32N4O3/c38-33-36(23-24-37(33)29-13-17-32(18-14-29)40-31-9-5-2-6-10-31)28-11-15-30(16-12-28)39-26-25-34-19-21-35(22-20-34)27-7-3-1-4-8-27/h1-18,23-24H,19-22,25-26H2. The van der Waals surface area contributed by atoms with Crippen LogP contribution in [0.15, 0.2) is 126 Å². The molecule has 0 aliphatic carbocycles. The maximum absolute atomic E-state index is 13.1. The summed E-state index contributed by atoms with van der Waals surface area (Å²) in [7, 11) is 0. The van der Waals surface area contributed by atoms with Gasteiger partial charge in [0, 0.05) is 50.8 Å². The topological polar surface area (TPSA) is 51.9 Å². The molecule has 7 nitrogen and oxygen atoms in total. The van der Waals surface area contributed by atoms with E-state index in [2.05, 4.69) is 40.1 Å². The summed E-state index contributed by atoms with van der Waals surface area (Å²) >= 11 is 0. The highest BCUT2D eigenvalue weighted by atomic mass is 16.5. The number of para-hydroxylation sites is 2. The van der Waals surface area contributed by atoms with Crippen molar-refractivity contribution in [2.75, 3.05) is 44.2 Å². The molecule has 202 valence electrons. The first-order chi connectivity index (χ1) is 19.7. The predicted octanol–water partition coefficient (Wildman–Crippen LogP) is 5.62. The number of hydrogen-bond acceptors (Lipinski definition) is 5. The molecule has 0 saturated carbocycles. The minimum absolute atomic E-state index is 0.139. The zero-order valence-corrected chi connectivity index (χ0v) is 22.3. The monoisotopic (exact) mass is 532 g/mol. The lowest BCUT2D eigenvalue weighted by atomic mass is 10.2. The number of ether oxygens (including phenoxy) is 2. The van der Waals surface area contributed by atoms with Crippen LogP contribution in [0, 0.1) is 0 Å². The van der Waals surface area contributed by atoms with Crippen LogP contribution in [0.3, 0.4) is 0 Å². The maximum Gasteiger partial charge on any atom is 0.337 e. The Hall–Kier alpha value is -4.75. The molecule has 0 N–H and O–H groups in total. The van der Waals surface area contributed by atoms with Gasteiger partial charge in [-0.1, -0.05) is 36.4 Å². The molecule has 0 atom stereocenters. The van der Waals surface area contributed by atoms with Gasteiger partial charge in [0.25, 0.3) is 0 Å². The second kappa shape index (κ2) is 12.0. The van der Waals surface area contributed by atoms with Gasteiger partial charge < -0.3 is 14.4 Å². The number of piperazine rings is 1. The second-order valence-electron chi connectivity index (χ2n) is 9.74. The molecule has 1 aromatic heterocycles. The van der Waals surface area contributed by atoms with E-state index < -0.39 is 0 Å². The summed E-state index contributed by atoms with van der Waals surface area (Å²) in [6, 6.07) is 35.3. The van der Waals surface area contributed by atoms with Crippen LogP contribution >= 0.6 is 0 Å². The van der Waals surface area contributed by atoms with Crippen LogP contribution in [0.1, 0.15) is 0 Å². The van der Waals surface area contributed by atoms with E-state index >= 15 is 0 Å². The van der Waals surface area contributed by atoms with Crippen LogP contribution in [0.2, 0.25) is 0 Å². The zero-order chi connectivity index (χ0) is 27.1. The highest BCUT2D eigenvalue weighted by molar-refractivity contribution is 5.46. The van der Waals surface area contributed by atoms with Gasteiger partial charge in [-0.05, 0) is 72.8 Å². The van der Waals surface area contributed by atoms with Gasteiger partial charge in [-0.25, -0.2) is 4.79 Å². The van der Waals surface area contributed by atoms with Gasteiger partial charge in [0.05, 0.1) is 11.4 Å². The second-order valence-corrected chi connectivity index (χ2v) is 9.74. The highest BCUT2D eigenvalue weighted by Gasteiger charge is 2.17. The highest BCUT2D eigenvalue weighted by Crippen LogP contribution is 2.22. The largest absolute Gasteiger partial charge is 0.492 e. The molecule has 1 aliphatic rings. The van der Waals surface area contributed by atoms with E-state index in [4.69, 9.17) is 9.47 Å². The van der Waals surface area contributed by atoms with Crippen LogP contribution < -0.4 is 20.1 Å². The quantitative estimate of drug-likeness (QED) is 0.247. The maximum atomic E-state index is 13.1. The van der Waals surface area contributed by atoms with Crippen LogP contribution in [0.5, 0.6) is 17.2 Å². The minimum Gasteiger partial charge on any atom is -0.492 e. The molecule has 40 heavy (non-hydrogen) atoms. The third-order valence-corrected chi connectivity index (χ3v) is 7.16. The number of aromatic nitrogens is 2. The minimum atomic E-state index is -0.139. The lowest BCUT2D eigenvalue weighted by molar-refractivity contribution is 0.200. The molecular formula is C33H32N4O3. The average molecular weight is 533 g/mol. The van der Waals surface area contributed by atoms with Crippen molar-refractivity contribution in [2.45, 2.75) is 0 Å². The predicted molar refractivity (Wildman–Crippen MR) is 158 cm³/mol. The Bertz CT molecular complexity index is 1550. The molecule has 0 spiro atoms. The Balaban J connectivity index is 1.01. The molecule has 0 amide bonds. The molecule has 0 radical (unpaired) electrons. The Morgan fingerprint density at radius 3 is 1.68 bits per heavy atom. The third-order valence-electron chi connectivity index (χ3n) is 7.16. The molecule has 1 aliphatic heterocycles. The lowest BCUT2D eigenvalue weighted by Crippen LogP contribution is -2.47. The molecule has 0 unspecified atom stereocenters. The van der Waals surface area contributed by atoms with Gasteiger partial charge in [0.1, 0.15) is 23.9 Å². The molecular weight excluding hydrogens is 500 g/mol. The van der Waals surface area contributed by atoms with E-state index in [1.165, 1.54) is 5.69 Å². The van der Waals surface area contributed by atoms with Gasteiger partial charge >= 0.3 is 5.69 Å². The van der Waals surface area contributed by atoms with Crippen LogP contribution in [-0.4, -0.2) is 53.4 Å². The molecule has 2 heterocycles. The Labute approximate surface area is 234 Å². The van der Waals surface area contributed by atoms with Gasteiger partial charge in [-0.2, -0.15) is 0 Å². The number of anilines is 1. The summed E-state index contributed by atoms with van der Waals surface area (Å²) in [5, 5.41) is 0. The van der Waals surface area contributed by atoms with Gasteiger partial charge in [-0.15, -0.1) is 0 Å². The average Bonchev–Trinajstić information content (AvgIpc) is 3.40. The van der Waals surface area contributed by atoms with E-state index in [0.717, 1.165) is 55.6 Å². The van der Waals surface area contributed by atoms with Crippen molar-refractivity contribution in [3.63, 3.8) is 0 Å². The van der Waals surface area contributed by atoms with E-state index in [-0.39, 0.29) is 5.69 Å². The Kier molecular flexibility index (Phi) is 7.64. The van der Waals surface area contributed by atoms with E-state index in [9.17, 15) is 4.79 Å². The van der Waals surface area contributed by atoms with Crippen molar-refractivity contribution >= 4 is 5.69 Å². The fourth-order valence-electron chi connectivity index (χ4n) is 4.93. The first kappa shape index (κ1) is 25.5. The fraction of sp³-hybridized carbons (Fsp3) is 0.182. The summed E-state index contributed by atoms with van der Waals surface area (Å²) < 4.78 is 15.1. The van der Waals surface area contributed by atoms with Crippen molar-refractivity contribution < 1.29 is 9.47 Å². The zero-order valence-electron chi connectivity index (χ0n) is 22.3. The van der Waals surface area contributed by atoms with Crippen LogP contribution in [0.4, 0.5) is 5.69 Å². The molecule has 0 bridgehead atoms. The lowest BCUT2D eigenvalue weighted by Gasteiger charge is -2.36. The number of nitrogens with zero attached hydrogens (tertiary/aromatic N) is 4. The molecule has 5 aromatic rings. The normalized spacial score (nSPS) is 13.8. The first-order valence-electron chi connectivity index (χ1n) is 13.6. The van der Waals surface area contributed by atoms with E-state index in [0.29, 0.717) is 12.4 Å². The van der Waals surface area contributed by atoms with Gasteiger partial charge in [0.15, 0.2) is 0 Å². The Morgan fingerprint density at radius 2 is 1.07 bits per heavy atom. The third kappa shape index (κ3) is 5.95. The number of imidazole rings is 1. The van der Waals surface area contributed by atoms with E-state index in [1.807, 2.05) is 78.9 Å². The summed E-state index contributed by atoms with van der Waals surface area (Å²) in [5.74, 6) is 2.29. The molecule has 6 rings (SSSR count). The number of rotatable bonds is 9. The smallest absolute Gasteiger partial charge is 0.337 e. The van der Waals surface area contributed by atoms with Crippen molar-refractivity contribution in [2.24, 2.45) is 0 Å². The van der Waals surface area contributed by atoms with Crippen molar-refractivity contribution in [3.05, 3.63) is 132 Å². The molecule has 1 fully saturated rings. The van der Waals surface area contributed by atoms with Crippen LogP contribution in [-0.2, 0) is 0 Å².